The molecule has 5 heteroatoms. The van der Waals surface area contributed by atoms with Crippen molar-refractivity contribution in [2.75, 3.05) is 19.7 Å². The van der Waals surface area contributed by atoms with Crippen molar-refractivity contribution in [1.29, 1.82) is 0 Å². The van der Waals surface area contributed by atoms with Gasteiger partial charge in [0.05, 0.1) is 25.2 Å². The van der Waals surface area contributed by atoms with Crippen LogP contribution < -0.4 is 10.5 Å². The number of carbonyl (C=O) groups is 1. The van der Waals surface area contributed by atoms with Crippen LogP contribution >= 0.6 is 0 Å². The number of para-hydroxylation sites is 1. The van der Waals surface area contributed by atoms with E-state index in [4.69, 9.17) is 10.5 Å². The summed E-state index contributed by atoms with van der Waals surface area (Å²) >= 11 is 0. The predicted molar refractivity (Wildman–Crippen MR) is 103 cm³/mol. The van der Waals surface area contributed by atoms with Crippen LogP contribution in [-0.2, 0) is 10.2 Å². The molecule has 1 heterocycles. The molecule has 0 radical (unpaired) electrons. The van der Waals surface area contributed by atoms with Gasteiger partial charge in [0.15, 0.2) is 0 Å². The van der Waals surface area contributed by atoms with Gasteiger partial charge >= 0.3 is 0 Å². The van der Waals surface area contributed by atoms with Gasteiger partial charge in [0.25, 0.3) is 0 Å². The number of nitrogens with two attached hydrogens (primary N) is 1. The Morgan fingerprint density at radius 1 is 1.11 bits per heavy atom. The molecule has 0 bridgehead atoms. The zero-order valence-corrected chi connectivity index (χ0v) is 15.4. The second kappa shape index (κ2) is 7.33. The van der Waals surface area contributed by atoms with Crippen LogP contribution in [0.15, 0.2) is 54.6 Å². The molecule has 2 aliphatic rings. The summed E-state index contributed by atoms with van der Waals surface area (Å²) < 4.78 is 5.63. The Hall–Kier alpha value is -2.37. The summed E-state index contributed by atoms with van der Waals surface area (Å²) in [6.45, 7) is 1.66. The molecule has 3 N–H and O–H groups in total. The zero-order valence-electron chi connectivity index (χ0n) is 15.4. The number of aliphatic hydroxyl groups is 1. The molecular formula is C22H26N2O3. The number of amides is 1. The van der Waals surface area contributed by atoms with E-state index in [1.54, 1.807) is 0 Å². The van der Waals surface area contributed by atoms with Gasteiger partial charge in [0.2, 0.25) is 5.91 Å². The highest BCUT2D eigenvalue weighted by molar-refractivity contribution is 5.76. The largest absolute Gasteiger partial charge is 0.493 e. The number of piperidine rings is 1. The maximum Gasteiger partial charge on any atom is 0.225 e. The first-order valence-corrected chi connectivity index (χ1v) is 9.60. The average molecular weight is 366 g/mol. The number of likely N-dealkylation sites (tertiary alicyclic amines) is 1. The van der Waals surface area contributed by atoms with Crippen molar-refractivity contribution < 1.29 is 14.6 Å². The molecule has 5 nitrogen and oxygen atoms in total. The van der Waals surface area contributed by atoms with Crippen molar-refractivity contribution in [3.8, 4) is 5.75 Å². The van der Waals surface area contributed by atoms with Crippen LogP contribution in [0.1, 0.15) is 36.4 Å². The molecule has 1 aliphatic carbocycles. The number of rotatable bonds is 4. The van der Waals surface area contributed by atoms with Crippen LogP contribution in [0, 0.1) is 0 Å². The molecule has 1 saturated heterocycles. The van der Waals surface area contributed by atoms with Gasteiger partial charge in [-0.15, -0.1) is 0 Å². The highest BCUT2D eigenvalue weighted by atomic mass is 16.5. The fourth-order valence-corrected chi connectivity index (χ4v) is 4.57. The molecule has 4 rings (SSSR count). The third-order valence-electron chi connectivity index (χ3n) is 6.10. The summed E-state index contributed by atoms with van der Waals surface area (Å²) in [5.41, 5.74) is 8.14. The van der Waals surface area contributed by atoms with E-state index in [9.17, 15) is 9.90 Å². The van der Waals surface area contributed by atoms with Gasteiger partial charge in [-0.3, -0.25) is 4.79 Å². The lowest BCUT2D eigenvalue weighted by Crippen LogP contribution is -2.50. The number of nitrogens with zero attached hydrogens (tertiary/aromatic N) is 1. The van der Waals surface area contributed by atoms with E-state index < -0.39 is 6.10 Å². The molecule has 1 amide bonds. The molecular weight excluding hydrogens is 340 g/mol. The zero-order chi connectivity index (χ0) is 18.9. The summed E-state index contributed by atoms with van der Waals surface area (Å²) in [6.07, 6.45) is 1.25. The molecule has 142 valence electrons. The number of hydrogen-bond donors (Lipinski definition) is 2. The lowest BCUT2D eigenvalue weighted by atomic mass is 9.72. The van der Waals surface area contributed by atoms with Crippen molar-refractivity contribution in [3.05, 3.63) is 65.7 Å². The van der Waals surface area contributed by atoms with Crippen LogP contribution in [0.2, 0.25) is 0 Å². The van der Waals surface area contributed by atoms with Crippen molar-refractivity contribution in [2.45, 2.75) is 36.8 Å². The summed E-state index contributed by atoms with van der Waals surface area (Å²) in [6, 6.07) is 17.3. The topological polar surface area (TPSA) is 75.8 Å². The fourth-order valence-electron chi connectivity index (χ4n) is 4.57. The first kappa shape index (κ1) is 18.0. The van der Waals surface area contributed by atoms with Crippen molar-refractivity contribution in [2.24, 2.45) is 5.73 Å². The van der Waals surface area contributed by atoms with Crippen molar-refractivity contribution >= 4 is 5.91 Å². The van der Waals surface area contributed by atoms with Crippen molar-refractivity contribution in [3.63, 3.8) is 0 Å². The van der Waals surface area contributed by atoms with Crippen LogP contribution in [0.3, 0.4) is 0 Å². The Labute approximate surface area is 159 Å². The quantitative estimate of drug-likeness (QED) is 0.871. The average Bonchev–Trinajstić information content (AvgIpc) is 2.92. The van der Waals surface area contributed by atoms with Crippen LogP contribution in [0.5, 0.6) is 5.75 Å². The maximum absolute atomic E-state index is 12.5. The van der Waals surface area contributed by atoms with Crippen molar-refractivity contribution in [1.82, 2.24) is 4.90 Å². The second-order valence-electron chi connectivity index (χ2n) is 7.51. The van der Waals surface area contributed by atoms with Crippen LogP contribution in [-0.4, -0.2) is 41.7 Å². The van der Waals surface area contributed by atoms with Crippen LogP contribution in [0.25, 0.3) is 0 Å². The van der Waals surface area contributed by atoms with E-state index in [-0.39, 0.29) is 17.4 Å². The van der Waals surface area contributed by atoms with E-state index in [0.29, 0.717) is 26.1 Å². The highest BCUT2D eigenvalue weighted by Gasteiger charge is 2.51. The lowest BCUT2D eigenvalue weighted by Gasteiger charge is -2.42. The van der Waals surface area contributed by atoms with Gasteiger partial charge in [-0.2, -0.15) is 0 Å². The van der Waals surface area contributed by atoms with Gasteiger partial charge < -0.3 is 20.5 Å². The van der Waals surface area contributed by atoms with E-state index in [1.165, 1.54) is 0 Å². The van der Waals surface area contributed by atoms with Gasteiger partial charge in [0.1, 0.15) is 5.75 Å². The van der Waals surface area contributed by atoms with E-state index in [0.717, 1.165) is 29.7 Å². The standard InChI is InChI=1S/C22H26N2O3/c23-20-17-8-4-5-9-18(17)22(21(20)26)11-13-24(14-12-22)19(25)10-15-27-16-6-2-1-3-7-16/h1-9,20-21,26H,10-15,23H2/t20-,21+/m1/s1. The summed E-state index contributed by atoms with van der Waals surface area (Å²) in [5, 5.41) is 10.8. The number of hydrogen-bond acceptors (Lipinski definition) is 4. The van der Waals surface area contributed by atoms with Gasteiger partial charge in [-0.05, 0) is 36.1 Å². The molecule has 2 aromatic rings. The van der Waals surface area contributed by atoms with Gasteiger partial charge in [-0.1, -0.05) is 42.5 Å². The minimum Gasteiger partial charge on any atom is -0.493 e. The third kappa shape index (κ3) is 3.22. The molecule has 0 aromatic heterocycles. The summed E-state index contributed by atoms with van der Waals surface area (Å²) in [7, 11) is 0. The smallest absolute Gasteiger partial charge is 0.225 e. The Morgan fingerprint density at radius 3 is 2.52 bits per heavy atom. The monoisotopic (exact) mass is 366 g/mol. The third-order valence-corrected chi connectivity index (χ3v) is 6.10. The normalized spacial score (nSPS) is 23.3. The maximum atomic E-state index is 12.5. The summed E-state index contributed by atoms with van der Waals surface area (Å²) in [4.78, 5) is 14.4. The molecule has 1 fully saturated rings. The number of ether oxygens (including phenoxy) is 1. The van der Waals surface area contributed by atoms with Crippen LogP contribution in [0.4, 0.5) is 0 Å². The molecule has 0 saturated carbocycles. The number of aliphatic hydroxyl groups excluding tert-OH is 1. The molecule has 0 unspecified atom stereocenters. The summed E-state index contributed by atoms with van der Waals surface area (Å²) in [5.74, 6) is 0.883. The molecule has 2 atom stereocenters. The highest BCUT2D eigenvalue weighted by Crippen LogP contribution is 2.49. The Kier molecular flexibility index (Phi) is 4.89. The SMILES string of the molecule is N[C@@H]1c2ccccc2C2(CCN(C(=O)CCOc3ccccc3)CC2)[C@H]1O. The molecule has 1 spiro atoms. The van der Waals surface area contributed by atoms with E-state index >= 15 is 0 Å². The fraction of sp³-hybridized carbons (Fsp3) is 0.409. The Balaban J connectivity index is 1.35. The number of fused-ring (bicyclic) bond motifs is 2. The van der Waals surface area contributed by atoms with Gasteiger partial charge in [-0.25, -0.2) is 0 Å². The Morgan fingerprint density at radius 2 is 1.78 bits per heavy atom. The first-order chi connectivity index (χ1) is 13.1. The molecule has 2 aromatic carbocycles. The van der Waals surface area contributed by atoms with Gasteiger partial charge in [0, 0.05) is 18.5 Å². The molecule has 27 heavy (non-hydrogen) atoms. The lowest BCUT2D eigenvalue weighted by molar-refractivity contribution is -0.134. The number of benzene rings is 2. The van der Waals surface area contributed by atoms with E-state index in [1.807, 2.05) is 53.4 Å². The Bertz CT molecular complexity index is 800. The second-order valence-corrected chi connectivity index (χ2v) is 7.51. The number of carbonyl (C=O) groups excluding carboxylic acids is 1. The predicted octanol–water partition coefficient (Wildman–Crippen LogP) is 2.39. The minimum absolute atomic E-state index is 0.103. The van der Waals surface area contributed by atoms with E-state index in [2.05, 4.69) is 6.07 Å². The molecule has 1 aliphatic heterocycles. The minimum atomic E-state index is -0.589. The first-order valence-electron chi connectivity index (χ1n) is 9.60.